The van der Waals surface area contributed by atoms with Crippen LogP contribution in [-0.2, 0) is 16.0 Å². The zero-order chi connectivity index (χ0) is 13.8. The van der Waals surface area contributed by atoms with Crippen LogP contribution in [0.4, 0.5) is 5.69 Å². The molecule has 0 heterocycles. The molecule has 1 aliphatic rings. The normalized spacial score (nSPS) is 14.6. The molecule has 1 saturated carbocycles. The van der Waals surface area contributed by atoms with E-state index in [0.29, 0.717) is 6.42 Å². The molecule has 0 spiro atoms. The fourth-order valence-electron chi connectivity index (χ4n) is 1.95. The topological polar surface area (TPSA) is 49.4 Å². The Hall–Kier alpha value is -1.84. The zero-order valence-corrected chi connectivity index (χ0v) is 11.5. The first-order valence-corrected chi connectivity index (χ1v) is 6.66. The van der Waals surface area contributed by atoms with E-state index < -0.39 is 0 Å². The molecular weight excluding hydrogens is 240 g/mol. The summed E-state index contributed by atoms with van der Waals surface area (Å²) in [6.07, 6.45) is 3.55. The minimum absolute atomic E-state index is 0.0752. The third-order valence-electron chi connectivity index (χ3n) is 3.55. The maximum Gasteiger partial charge on any atom is 0.227 e. The van der Waals surface area contributed by atoms with E-state index in [4.69, 9.17) is 0 Å². The van der Waals surface area contributed by atoms with Gasteiger partial charge in [0.1, 0.15) is 0 Å². The lowest BCUT2D eigenvalue weighted by Gasteiger charge is -2.24. The molecule has 0 aliphatic heterocycles. The van der Waals surface area contributed by atoms with Crippen LogP contribution in [0, 0.1) is 5.92 Å². The number of likely N-dealkylation sites (N-methyl/N-ethyl adjacent to an activating group) is 1. The van der Waals surface area contributed by atoms with E-state index in [-0.39, 0.29) is 17.7 Å². The van der Waals surface area contributed by atoms with Crippen molar-refractivity contribution in [2.45, 2.75) is 25.7 Å². The van der Waals surface area contributed by atoms with Crippen LogP contribution in [0.2, 0.25) is 0 Å². The average molecular weight is 260 g/mol. The van der Waals surface area contributed by atoms with Crippen molar-refractivity contribution in [2.24, 2.45) is 5.92 Å². The summed E-state index contributed by atoms with van der Waals surface area (Å²) in [6, 6.07) is 7.49. The van der Waals surface area contributed by atoms with Crippen molar-refractivity contribution in [3.63, 3.8) is 0 Å². The third kappa shape index (κ3) is 3.56. The molecule has 1 fully saturated rings. The summed E-state index contributed by atoms with van der Waals surface area (Å²) < 4.78 is 0. The predicted molar refractivity (Wildman–Crippen MR) is 74.8 cm³/mol. The number of nitrogens with zero attached hydrogens (tertiary/aromatic N) is 1. The van der Waals surface area contributed by atoms with E-state index in [1.807, 2.05) is 24.3 Å². The summed E-state index contributed by atoms with van der Waals surface area (Å²) in [6.45, 7) is 0. The molecule has 0 unspecified atom stereocenters. The maximum atomic E-state index is 11.8. The van der Waals surface area contributed by atoms with Gasteiger partial charge >= 0.3 is 0 Å². The van der Waals surface area contributed by atoms with Gasteiger partial charge in [0.05, 0.1) is 6.42 Å². The Bertz CT molecular complexity index is 462. The summed E-state index contributed by atoms with van der Waals surface area (Å²) in [4.78, 5) is 24.9. The van der Waals surface area contributed by atoms with Crippen molar-refractivity contribution >= 4 is 17.5 Å². The number of carbonyl (C=O) groups excluding carboxylic acids is 2. The van der Waals surface area contributed by atoms with Crippen molar-refractivity contribution in [1.29, 1.82) is 0 Å². The van der Waals surface area contributed by atoms with Crippen LogP contribution in [-0.4, -0.2) is 30.8 Å². The molecule has 102 valence electrons. The Balaban J connectivity index is 1.90. The number of benzene rings is 1. The fraction of sp³-hybridized carbons (Fsp3) is 0.467. The van der Waals surface area contributed by atoms with Crippen LogP contribution in [0.25, 0.3) is 0 Å². The molecule has 1 aliphatic carbocycles. The number of carbonyl (C=O) groups is 2. The van der Waals surface area contributed by atoms with Crippen molar-refractivity contribution in [1.82, 2.24) is 4.90 Å². The quantitative estimate of drug-likeness (QED) is 0.900. The number of rotatable bonds is 4. The highest BCUT2D eigenvalue weighted by molar-refractivity contribution is 5.93. The van der Waals surface area contributed by atoms with E-state index in [9.17, 15) is 9.59 Å². The monoisotopic (exact) mass is 260 g/mol. The van der Waals surface area contributed by atoms with Gasteiger partial charge in [0.2, 0.25) is 11.8 Å². The van der Waals surface area contributed by atoms with Crippen molar-refractivity contribution < 1.29 is 9.59 Å². The molecule has 1 aromatic rings. The Morgan fingerprint density at radius 1 is 1.21 bits per heavy atom. The molecule has 2 amide bonds. The Labute approximate surface area is 113 Å². The molecule has 0 atom stereocenters. The van der Waals surface area contributed by atoms with Crippen molar-refractivity contribution in [3.05, 3.63) is 29.8 Å². The second-order valence-corrected chi connectivity index (χ2v) is 5.28. The van der Waals surface area contributed by atoms with Crippen molar-refractivity contribution in [2.75, 3.05) is 19.4 Å². The van der Waals surface area contributed by atoms with E-state index in [1.54, 1.807) is 19.0 Å². The third-order valence-corrected chi connectivity index (χ3v) is 3.55. The molecule has 0 radical (unpaired) electrons. The second-order valence-electron chi connectivity index (χ2n) is 5.28. The first-order chi connectivity index (χ1) is 9.06. The average Bonchev–Trinajstić information content (AvgIpc) is 2.29. The number of hydrogen-bond donors (Lipinski definition) is 1. The maximum absolute atomic E-state index is 11.8. The SMILES string of the molecule is CN(C)C(=O)Cc1ccc(NC(=O)C2CCC2)cc1. The Kier molecular flexibility index (Phi) is 4.20. The molecule has 4 heteroatoms. The van der Waals surface area contributed by atoms with Gasteiger partial charge in [0.15, 0.2) is 0 Å². The van der Waals surface area contributed by atoms with E-state index in [1.165, 1.54) is 0 Å². The summed E-state index contributed by atoms with van der Waals surface area (Å²) in [5.41, 5.74) is 1.76. The van der Waals surface area contributed by atoms with Gasteiger partial charge in [-0.2, -0.15) is 0 Å². The predicted octanol–water partition coefficient (Wildman–Crippen LogP) is 2.06. The van der Waals surface area contributed by atoms with Gasteiger partial charge in [-0.15, -0.1) is 0 Å². The lowest BCUT2D eigenvalue weighted by atomic mass is 9.85. The van der Waals surface area contributed by atoms with Gasteiger partial charge in [-0.05, 0) is 30.5 Å². The summed E-state index contributed by atoms with van der Waals surface area (Å²) in [5, 5.41) is 2.91. The Morgan fingerprint density at radius 3 is 2.32 bits per heavy atom. The zero-order valence-electron chi connectivity index (χ0n) is 11.5. The van der Waals surface area contributed by atoms with Crippen molar-refractivity contribution in [3.8, 4) is 0 Å². The van der Waals surface area contributed by atoms with E-state index >= 15 is 0 Å². The summed E-state index contributed by atoms with van der Waals surface area (Å²) in [5.74, 6) is 0.379. The molecule has 0 aromatic heterocycles. The van der Waals surface area contributed by atoms with Crippen LogP contribution in [0.5, 0.6) is 0 Å². The van der Waals surface area contributed by atoms with Crippen LogP contribution in [0.1, 0.15) is 24.8 Å². The Morgan fingerprint density at radius 2 is 1.84 bits per heavy atom. The van der Waals surface area contributed by atoms with Gasteiger partial charge in [-0.3, -0.25) is 9.59 Å². The minimum atomic E-state index is 0.0752. The summed E-state index contributed by atoms with van der Waals surface area (Å²) in [7, 11) is 3.49. The number of nitrogens with one attached hydrogen (secondary N) is 1. The molecule has 1 N–H and O–H groups in total. The first-order valence-electron chi connectivity index (χ1n) is 6.66. The molecular formula is C15H20N2O2. The van der Waals surface area contributed by atoms with E-state index in [0.717, 1.165) is 30.5 Å². The number of anilines is 1. The van der Waals surface area contributed by atoms with Gasteiger partial charge in [-0.1, -0.05) is 18.6 Å². The highest BCUT2D eigenvalue weighted by atomic mass is 16.2. The molecule has 4 nitrogen and oxygen atoms in total. The summed E-state index contributed by atoms with van der Waals surface area (Å²) >= 11 is 0. The van der Waals surface area contributed by atoms with Crippen LogP contribution in [0.15, 0.2) is 24.3 Å². The van der Waals surface area contributed by atoms with Crippen LogP contribution < -0.4 is 5.32 Å². The molecule has 19 heavy (non-hydrogen) atoms. The molecule has 0 bridgehead atoms. The lowest BCUT2D eigenvalue weighted by Crippen LogP contribution is -2.28. The number of hydrogen-bond acceptors (Lipinski definition) is 2. The number of amides is 2. The smallest absolute Gasteiger partial charge is 0.227 e. The molecule has 2 rings (SSSR count). The largest absolute Gasteiger partial charge is 0.349 e. The van der Waals surface area contributed by atoms with Gasteiger partial charge in [0, 0.05) is 25.7 Å². The highest BCUT2D eigenvalue weighted by Gasteiger charge is 2.24. The molecule has 1 aromatic carbocycles. The standard InChI is InChI=1S/C15H20N2O2/c1-17(2)14(18)10-11-6-8-13(9-7-11)16-15(19)12-4-3-5-12/h6-9,12H,3-5,10H2,1-2H3,(H,16,19). The van der Waals surface area contributed by atoms with Gasteiger partial charge in [-0.25, -0.2) is 0 Å². The van der Waals surface area contributed by atoms with Crippen LogP contribution >= 0.6 is 0 Å². The second kappa shape index (κ2) is 5.87. The van der Waals surface area contributed by atoms with E-state index in [2.05, 4.69) is 5.32 Å². The minimum Gasteiger partial charge on any atom is -0.349 e. The molecule has 0 saturated heterocycles. The fourth-order valence-corrected chi connectivity index (χ4v) is 1.95. The van der Waals surface area contributed by atoms with Crippen LogP contribution in [0.3, 0.4) is 0 Å². The lowest BCUT2D eigenvalue weighted by molar-refractivity contribution is -0.128. The van der Waals surface area contributed by atoms with Gasteiger partial charge in [0.25, 0.3) is 0 Å². The van der Waals surface area contributed by atoms with Gasteiger partial charge < -0.3 is 10.2 Å². The first kappa shape index (κ1) is 13.6. The highest BCUT2D eigenvalue weighted by Crippen LogP contribution is 2.27.